The number of nitrogens with zero attached hydrogens (tertiary/aromatic N) is 3. The molecule has 0 bridgehead atoms. The third-order valence-electron chi connectivity index (χ3n) is 6.54. The maximum Gasteiger partial charge on any atom is 0.226 e. The first-order valence-electron chi connectivity index (χ1n) is 11.8. The Bertz CT molecular complexity index is 1440. The molecular formula is C28H26N4O4. The number of ether oxygens (including phenoxy) is 4. The number of fused-ring (bicyclic) bond motifs is 3. The molecule has 0 radical (unpaired) electrons. The Morgan fingerprint density at radius 1 is 0.944 bits per heavy atom. The SMILES string of the molecule is CCOc1ccc([C@H]2Oc3ccccc3C3=C2[C@@H](c2ccc(OC)c(OC)c2)n2ncnc2N3)cc1. The zero-order valence-corrected chi connectivity index (χ0v) is 20.3. The molecule has 0 aliphatic carbocycles. The van der Waals surface area contributed by atoms with E-state index in [1.807, 2.05) is 60.1 Å². The van der Waals surface area contributed by atoms with Crippen molar-refractivity contribution >= 4 is 11.6 Å². The summed E-state index contributed by atoms with van der Waals surface area (Å²) in [6.45, 7) is 2.59. The van der Waals surface area contributed by atoms with Crippen molar-refractivity contribution in [3.05, 3.63) is 95.3 Å². The molecule has 0 spiro atoms. The molecule has 1 aromatic heterocycles. The van der Waals surface area contributed by atoms with Gasteiger partial charge in [0.2, 0.25) is 5.95 Å². The molecule has 3 heterocycles. The van der Waals surface area contributed by atoms with Crippen LogP contribution in [0.2, 0.25) is 0 Å². The first-order valence-corrected chi connectivity index (χ1v) is 11.8. The van der Waals surface area contributed by atoms with Crippen LogP contribution in [0.3, 0.4) is 0 Å². The standard InChI is InChI=1S/C28H26N4O4/c1-4-35-19-12-9-17(10-13-19)27-24-25(20-7-5-6-8-21(20)36-27)31-28-29-16-30-32(28)26(24)18-11-14-22(33-2)23(15-18)34-3/h5-16,26-27H,4H2,1-3H3,(H,29,30,31)/t26-,27-/m1/s1. The number of benzene rings is 3. The highest BCUT2D eigenvalue weighted by Crippen LogP contribution is 2.51. The molecule has 182 valence electrons. The normalized spacial score (nSPS) is 17.8. The second kappa shape index (κ2) is 8.96. The second-order valence-electron chi connectivity index (χ2n) is 8.50. The molecule has 2 aliphatic heterocycles. The van der Waals surface area contributed by atoms with Crippen LogP contribution in [0.4, 0.5) is 5.95 Å². The molecular weight excluding hydrogens is 456 g/mol. The summed E-state index contributed by atoms with van der Waals surface area (Å²) in [6, 6.07) is 21.7. The molecule has 0 fully saturated rings. The Morgan fingerprint density at radius 2 is 1.72 bits per heavy atom. The van der Waals surface area contributed by atoms with Crippen molar-refractivity contribution in [2.24, 2.45) is 0 Å². The summed E-state index contributed by atoms with van der Waals surface area (Å²) >= 11 is 0. The third kappa shape index (κ3) is 3.53. The van der Waals surface area contributed by atoms with Crippen LogP contribution in [0, 0.1) is 0 Å². The summed E-state index contributed by atoms with van der Waals surface area (Å²) in [5.41, 5.74) is 4.97. The minimum atomic E-state index is -0.367. The zero-order chi connectivity index (χ0) is 24.6. The number of hydrogen-bond donors (Lipinski definition) is 1. The molecule has 6 rings (SSSR count). The van der Waals surface area contributed by atoms with Gasteiger partial charge >= 0.3 is 0 Å². The van der Waals surface area contributed by atoms with E-state index < -0.39 is 0 Å². The number of nitrogens with one attached hydrogen (secondary N) is 1. The summed E-state index contributed by atoms with van der Waals surface area (Å²) in [5.74, 6) is 3.60. The van der Waals surface area contributed by atoms with Crippen molar-refractivity contribution < 1.29 is 18.9 Å². The van der Waals surface area contributed by atoms with Gasteiger partial charge in [-0.15, -0.1) is 0 Å². The highest BCUT2D eigenvalue weighted by Gasteiger charge is 2.41. The summed E-state index contributed by atoms with van der Waals surface area (Å²) in [4.78, 5) is 4.50. The highest BCUT2D eigenvalue weighted by atomic mass is 16.5. The van der Waals surface area contributed by atoms with Gasteiger partial charge in [-0.2, -0.15) is 10.1 Å². The average Bonchev–Trinajstić information content (AvgIpc) is 3.40. The Kier molecular flexibility index (Phi) is 5.48. The molecule has 8 nitrogen and oxygen atoms in total. The molecule has 0 saturated carbocycles. The molecule has 0 amide bonds. The van der Waals surface area contributed by atoms with Crippen molar-refractivity contribution in [3.63, 3.8) is 0 Å². The Balaban J connectivity index is 1.57. The molecule has 2 atom stereocenters. The Hall–Kier alpha value is -4.46. The topological polar surface area (TPSA) is 79.7 Å². The first kappa shape index (κ1) is 22.0. The quantitative estimate of drug-likeness (QED) is 0.402. The van der Waals surface area contributed by atoms with E-state index in [0.29, 0.717) is 24.1 Å². The fourth-order valence-electron chi connectivity index (χ4n) is 4.94. The Morgan fingerprint density at radius 3 is 2.50 bits per heavy atom. The van der Waals surface area contributed by atoms with E-state index in [-0.39, 0.29) is 12.1 Å². The van der Waals surface area contributed by atoms with E-state index in [1.54, 1.807) is 20.5 Å². The van der Waals surface area contributed by atoms with Crippen LogP contribution >= 0.6 is 0 Å². The molecule has 1 N–H and O–H groups in total. The lowest BCUT2D eigenvalue weighted by Crippen LogP contribution is -2.32. The number of rotatable bonds is 6. The van der Waals surface area contributed by atoms with Crippen molar-refractivity contribution in [2.45, 2.75) is 19.1 Å². The van der Waals surface area contributed by atoms with Gasteiger partial charge in [-0.05, 0) is 54.4 Å². The lowest BCUT2D eigenvalue weighted by molar-refractivity contribution is 0.222. The minimum Gasteiger partial charge on any atom is -0.494 e. The van der Waals surface area contributed by atoms with E-state index in [2.05, 4.69) is 33.6 Å². The number of hydrogen-bond acceptors (Lipinski definition) is 7. The lowest BCUT2D eigenvalue weighted by atomic mass is 9.84. The lowest BCUT2D eigenvalue weighted by Gasteiger charge is -2.39. The summed E-state index contributed by atoms with van der Waals surface area (Å²) < 4.78 is 25.4. The summed E-state index contributed by atoms with van der Waals surface area (Å²) in [6.07, 6.45) is 1.20. The second-order valence-corrected chi connectivity index (χ2v) is 8.50. The van der Waals surface area contributed by atoms with Crippen molar-refractivity contribution in [1.29, 1.82) is 0 Å². The fraction of sp³-hybridized carbons (Fsp3) is 0.214. The summed E-state index contributed by atoms with van der Waals surface area (Å²) in [5, 5.41) is 8.11. The monoisotopic (exact) mass is 482 g/mol. The van der Waals surface area contributed by atoms with Gasteiger partial charge in [-0.3, -0.25) is 0 Å². The first-order chi connectivity index (χ1) is 17.7. The number of para-hydroxylation sites is 1. The summed E-state index contributed by atoms with van der Waals surface area (Å²) in [7, 11) is 3.27. The fourth-order valence-corrected chi connectivity index (χ4v) is 4.94. The van der Waals surface area contributed by atoms with E-state index in [1.165, 1.54) is 0 Å². The van der Waals surface area contributed by atoms with Gasteiger partial charge in [0.25, 0.3) is 0 Å². The van der Waals surface area contributed by atoms with Crippen LogP contribution in [0.25, 0.3) is 5.70 Å². The predicted molar refractivity (Wildman–Crippen MR) is 136 cm³/mol. The van der Waals surface area contributed by atoms with Crippen LogP contribution in [0.5, 0.6) is 23.0 Å². The molecule has 2 aliphatic rings. The van der Waals surface area contributed by atoms with E-state index >= 15 is 0 Å². The minimum absolute atomic E-state index is 0.288. The maximum absolute atomic E-state index is 6.68. The van der Waals surface area contributed by atoms with Crippen molar-refractivity contribution in [3.8, 4) is 23.0 Å². The van der Waals surface area contributed by atoms with E-state index in [9.17, 15) is 0 Å². The van der Waals surface area contributed by atoms with Crippen LogP contribution < -0.4 is 24.3 Å². The molecule has 0 saturated heterocycles. The van der Waals surface area contributed by atoms with Crippen LogP contribution in [-0.4, -0.2) is 35.6 Å². The molecule has 3 aromatic carbocycles. The van der Waals surface area contributed by atoms with E-state index in [0.717, 1.165) is 39.5 Å². The van der Waals surface area contributed by atoms with Gasteiger partial charge in [0.1, 0.15) is 30.0 Å². The van der Waals surface area contributed by atoms with Gasteiger partial charge in [-0.1, -0.05) is 30.3 Å². The zero-order valence-electron chi connectivity index (χ0n) is 20.3. The van der Waals surface area contributed by atoms with Crippen LogP contribution in [-0.2, 0) is 0 Å². The third-order valence-corrected chi connectivity index (χ3v) is 6.54. The van der Waals surface area contributed by atoms with E-state index in [4.69, 9.17) is 18.9 Å². The number of anilines is 1. The maximum atomic E-state index is 6.68. The number of methoxy groups -OCH3 is 2. The van der Waals surface area contributed by atoms with Gasteiger partial charge in [0, 0.05) is 11.1 Å². The molecule has 0 unspecified atom stereocenters. The van der Waals surface area contributed by atoms with Gasteiger partial charge in [0.05, 0.1) is 26.5 Å². The van der Waals surface area contributed by atoms with Crippen LogP contribution in [0.1, 0.15) is 35.8 Å². The van der Waals surface area contributed by atoms with Gasteiger partial charge < -0.3 is 24.3 Å². The largest absolute Gasteiger partial charge is 0.494 e. The molecule has 8 heteroatoms. The predicted octanol–water partition coefficient (Wildman–Crippen LogP) is 5.25. The molecule has 4 aromatic rings. The smallest absolute Gasteiger partial charge is 0.226 e. The number of aromatic nitrogens is 3. The molecule has 36 heavy (non-hydrogen) atoms. The van der Waals surface area contributed by atoms with Crippen molar-refractivity contribution in [2.75, 3.05) is 26.1 Å². The van der Waals surface area contributed by atoms with Gasteiger partial charge in [0.15, 0.2) is 11.5 Å². The van der Waals surface area contributed by atoms with Gasteiger partial charge in [-0.25, -0.2) is 4.68 Å². The van der Waals surface area contributed by atoms with Crippen LogP contribution in [0.15, 0.2) is 78.6 Å². The highest BCUT2D eigenvalue weighted by molar-refractivity contribution is 5.85. The Labute approximate surface area is 209 Å². The van der Waals surface area contributed by atoms with Crippen molar-refractivity contribution in [1.82, 2.24) is 14.8 Å². The average molecular weight is 483 g/mol.